The molecule has 1 aromatic rings. The highest BCUT2D eigenvalue weighted by Crippen LogP contribution is 2.23. The molecule has 0 aliphatic carbocycles. The lowest BCUT2D eigenvalue weighted by Crippen LogP contribution is -2.36. The van der Waals surface area contributed by atoms with Crippen LogP contribution in [0.25, 0.3) is 6.08 Å². The van der Waals surface area contributed by atoms with E-state index in [-0.39, 0.29) is 29.2 Å². The first-order valence-electron chi connectivity index (χ1n) is 7.07. The third-order valence-electron chi connectivity index (χ3n) is 3.64. The van der Waals surface area contributed by atoms with Gasteiger partial charge >= 0.3 is 6.36 Å². The Morgan fingerprint density at radius 1 is 1.29 bits per heavy atom. The number of sulfone groups is 1. The molecule has 1 atom stereocenters. The maximum atomic E-state index is 12.1. The number of ether oxygens (including phenoxy) is 1. The molecule has 0 aromatic heterocycles. The lowest BCUT2D eigenvalue weighted by atomic mass is 10.2. The monoisotopic (exact) mass is 363 g/mol. The van der Waals surface area contributed by atoms with Crippen molar-refractivity contribution in [2.24, 2.45) is 0 Å². The molecule has 2 rings (SSSR count). The average molecular weight is 363 g/mol. The van der Waals surface area contributed by atoms with Crippen molar-refractivity contribution in [2.45, 2.75) is 18.8 Å². The summed E-state index contributed by atoms with van der Waals surface area (Å²) in [5.74, 6) is -0.696. The summed E-state index contributed by atoms with van der Waals surface area (Å²) >= 11 is 0. The van der Waals surface area contributed by atoms with Crippen molar-refractivity contribution in [3.63, 3.8) is 0 Å². The van der Waals surface area contributed by atoms with Crippen LogP contribution in [-0.4, -0.2) is 50.2 Å². The number of likely N-dealkylation sites (N-methyl/N-ethyl adjacent to an activating group) is 1. The first-order valence-corrected chi connectivity index (χ1v) is 8.89. The Hall–Kier alpha value is -2.03. The molecular weight excluding hydrogens is 347 g/mol. The maximum Gasteiger partial charge on any atom is 0.573 e. The van der Waals surface area contributed by atoms with Crippen LogP contribution in [-0.2, 0) is 14.6 Å². The van der Waals surface area contributed by atoms with Crippen LogP contribution in [0.3, 0.4) is 0 Å². The molecule has 0 saturated carbocycles. The highest BCUT2D eigenvalue weighted by molar-refractivity contribution is 7.91. The summed E-state index contributed by atoms with van der Waals surface area (Å²) < 4.78 is 62.8. The second kappa shape index (κ2) is 6.84. The highest BCUT2D eigenvalue weighted by Gasteiger charge is 2.32. The Morgan fingerprint density at radius 2 is 1.92 bits per heavy atom. The Balaban J connectivity index is 1.96. The summed E-state index contributed by atoms with van der Waals surface area (Å²) in [6.07, 6.45) is -1.65. The second-order valence-electron chi connectivity index (χ2n) is 5.46. The van der Waals surface area contributed by atoms with Crippen molar-refractivity contribution in [1.82, 2.24) is 4.90 Å². The molecule has 132 valence electrons. The van der Waals surface area contributed by atoms with E-state index < -0.39 is 16.2 Å². The number of hydrogen-bond acceptors (Lipinski definition) is 4. The minimum atomic E-state index is -4.75. The van der Waals surface area contributed by atoms with Crippen molar-refractivity contribution < 1.29 is 31.1 Å². The van der Waals surface area contributed by atoms with Gasteiger partial charge in [-0.3, -0.25) is 4.79 Å². The lowest BCUT2D eigenvalue weighted by molar-refractivity contribution is -0.274. The van der Waals surface area contributed by atoms with Gasteiger partial charge in [-0.05, 0) is 30.2 Å². The van der Waals surface area contributed by atoms with Gasteiger partial charge in [0.1, 0.15) is 5.75 Å². The summed E-state index contributed by atoms with van der Waals surface area (Å²) in [6, 6.07) is 4.70. The van der Waals surface area contributed by atoms with Gasteiger partial charge in [0.25, 0.3) is 0 Å². The van der Waals surface area contributed by atoms with E-state index in [2.05, 4.69) is 4.74 Å². The van der Waals surface area contributed by atoms with E-state index in [4.69, 9.17) is 0 Å². The van der Waals surface area contributed by atoms with Gasteiger partial charge in [0, 0.05) is 19.2 Å². The van der Waals surface area contributed by atoms with E-state index in [1.165, 1.54) is 36.2 Å². The van der Waals surface area contributed by atoms with Crippen LogP contribution in [0.5, 0.6) is 5.75 Å². The lowest BCUT2D eigenvalue weighted by Gasteiger charge is -2.21. The largest absolute Gasteiger partial charge is 0.573 e. The summed E-state index contributed by atoms with van der Waals surface area (Å²) in [5, 5.41) is 0. The van der Waals surface area contributed by atoms with Crippen LogP contribution in [0.2, 0.25) is 0 Å². The summed E-state index contributed by atoms with van der Waals surface area (Å²) in [5.41, 5.74) is 0.519. The van der Waals surface area contributed by atoms with Crippen LogP contribution in [0.4, 0.5) is 13.2 Å². The molecule has 1 aromatic carbocycles. The van der Waals surface area contributed by atoms with Gasteiger partial charge in [-0.1, -0.05) is 12.1 Å². The predicted molar refractivity (Wildman–Crippen MR) is 82.0 cm³/mol. The summed E-state index contributed by atoms with van der Waals surface area (Å²) in [7, 11) is -1.56. The average Bonchev–Trinajstić information content (AvgIpc) is 2.84. The van der Waals surface area contributed by atoms with Gasteiger partial charge in [0.05, 0.1) is 11.5 Å². The standard InChI is InChI=1S/C15H16F3NO4S/c1-19(12-8-9-24(21,22)10-12)14(20)7-4-11-2-5-13(6-3-11)23-15(16,17)18/h2-7,12H,8-10H2,1H3/b7-4-/t12-/m1/s1. The van der Waals surface area contributed by atoms with Crippen LogP contribution >= 0.6 is 0 Å². The number of carbonyl (C=O) groups excluding carboxylic acids is 1. The molecule has 0 radical (unpaired) electrons. The van der Waals surface area contributed by atoms with Gasteiger partial charge in [0.15, 0.2) is 9.84 Å². The van der Waals surface area contributed by atoms with Crippen molar-refractivity contribution >= 4 is 21.8 Å². The molecule has 5 nitrogen and oxygen atoms in total. The number of alkyl halides is 3. The van der Waals surface area contributed by atoms with Gasteiger partial charge in [-0.25, -0.2) is 8.42 Å². The fourth-order valence-electron chi connectivity index (χ4n) is 2.33. The minimum Gasteiger partial charge on any atom is -0.406 e. The fourth-order valence-corrected chi connectivity index (χ4v) is 4.10. The zero-order valence-electron chi connectivity index (χ0n) is 12.8. The molecule has 0 N–H and O–H groups in total. The van der Waals surface area contributed by atoms with Gasteiger partial charge in [-0.2, -0.15) is 0 Å². The molecule has 1 heterocycles. The minimum absolute atomic E-state index is 0.0490. The molecular formula is C15H16F3NO4S. The zero-order valence-corrected chi connectivity index (χ0v) is 13.6. The first-order chi connectivity index (χ1) is 11.1. The Labute approximate surface area is 137 Å². The van der Waals surface area contributed by atoms with Crippen molar-refractivity contribution in [2.75, 3.05) is 18.6 Å². The van der Waals surface area contributed by atoms with Crippen molar-refractivity contribution in [3.05, 3.63) is 35.9 Å². The predicted octanol–water partition coefficient (Wildman–Crippen LogP) is 2.24. The van der Waals surface area contributed by atoms with E-state index in [0.717, 1.165) is 12.1 Å². The first kappa shape index (κ1) is 18.3. The SMILES string of the molecule is CN(C(=O)/C=C\c1ccc(OC(F)(F)F)cc1)[C@@H]1CCS(=O)(=O)C1. The maximum absolute atomic E-state index is 12.1. The molecule has 0 bridgehead atoms. The molecule has 9 heteroatoms. The normalized spacial score (nSPS) is 20.2. The Bertz CT molecular complexity index is 726. The van der Waals surface area contributed by atoms with E-state index in [9.17, 15) is 26.4 Å². The van der Waals surface area contributed by atoms with E-state index in [1.54, 1.807) is 0 Å². The third-order valence-corrected chi connectivity index (χ3v) is 5.39. The third kappa shape index (κ3) is 5.26. The number of carbonyl (C=O) groups is 1. The van der Waals surface area contributed by atoms with Crippen LogP contribution in [0.15, 0.2) is 30.3 Å². The molecule has 0 spiro atoms. The molecule has 1 saturated heterocycles. The van der Waals surface area contributed by atoms with Gasteiger partial charge in [-0.15, -0.1) is 13.2 Å². The van der Waals surface area contributed by atoms with Gasteiger partial charge < -0.3 is 9.64 Å². The van der Waals surface area contributed by atoms with Crippen LogP contribution < -0.4 is 4.74 Å². The van der Waals surface area contributed by atoms with E-state index in [1.807, 2.05) is 0 Å². The Morgan fingerprint density at radius 3 is 2.42 bits per heavy atom. The van der Waals surface area contributed by atoms with Crippen molar-refractivity contribution in [1.29, 1.82) is 0 Å². The van der Waals surface area contributed by atoms with Crippen LogP contribution in [0.1, 0.15) is 12.0 Å². The number of nitrogens with zero attached hydrogens (tertiary/aromatic N) is 1. The Kier molecular flexibility index (Phi) is 5.22. The smallest absolute Gasteiger partial charge is 0.406 e. The highest BCUT2D eigenvalue weighted by atomic mass is 32.2. The van der Waals surface area contributed by atoms with Crippen LogP contribution in [0, 0.1) is 0 Å². The summed E-state index contributed by atoms with van der Waals surface area (Å²) in [6.45, 7) is 0. The molecule has 1 aliphatic heterocycles. The molecule has 1 fully saturated rings. The topological polar surface area (TPSA) is 63.7 Å². The second-order valence-corrected chi connectivity index (χ2v) is 7.68. The zero-order chi connectivity index (χ0) is 18.0. The summed E-state index contributed by atoms with van der Waals surface area (Å²) in [4.78, 5) is 13.4. The quantitative estimate of drug-likeness (QED) is 0.770. The molecule has 1 amide bonds. The number of halogens is 3. The fraction of sp³-hybridized carbons (Fsp3) is 0.400. The van der Waals surface area contributed by atoms with Gasteiger partial charge in [0.2, 0.25) is 5.91 Å². The number of hydrogen-bond donors (Lipinski definition) is 0. The van der Waals surface area contributed by atoms with E-state index >= 15 is 0 Å². The van der Waals surface area contributed by atoms with Crippen molar-refractivity contribution in [3.8, 4) is 5.75 Å². The molecule has 1 aliphatic rings. The molecule has 0 unspecified atom stereocenters. The van der Waals surface area contributed by atoms with E-state index in [0.29, 0.717) is 12.0 Å². The number of amides is 1. The molecule has 24 heavy (non-hydrogen) atoms. The number of rotatable bonds is 4. The number of benzene rings is 1.